The van der Waals surface area contributed by atoms with Crippen LogP contribution in [0.5, 0.6) is 5.75 Å². The van der Waals surface area contributed by atoms with Crippen LogP contribution in [0.3, 0.4) is 0 Å². The molecule has 172 valence electrons. The normalized spacial score (nSPS) is 14.6. The molecule has 2 aromatic carbocycles. The van der Waals surface area contributed by atoms with E-state index < -0.39 is 6.04 Å². The number of carbonyl (C=O) groups excluding carboxylic acids is 2. The van der Waals surface area contributed by atoms with Gasteiger partial charge >= 0.3 is 0 Å². The summed E-state index contributed by atoms with van der Waals surface area (Å²) >= 11 is 0. The average molecular weight is 447 g/mol. The number of nitrogens with zero attached hydrogens (tertiary/aromatic N) is 1. The molecule has 1 fully saturated rings. The van der Waals surface area contributed by atoms with Crippen LogP contribution in [0.25, 0.3) is 0 Å². The van der Waals surface area contributed by atoms with Crippen molar-refractivity contribution < 1.29 is 18.7 Å². The molecule has 1 heterocycles. The van der Waals surface area contributed by atoms with Gasteiger partial charge in [-0.05, 0) is 67.6 Å². The number of amides is 2. The molecule has 0 aliphatic heterocycles. The molecule has 1 aliphatic rings. The number of furan rings is 1. The Hall–Kier alpha value is -3.54. The third-order valence-electron chi connectivity index (χ3n) is 6.27. The van der Waals surface area contributed by atoms with Crippen molar-refractivity contribution in [3.8, 4) is 5.75 Å². The molecule has 1 saturated carbocycles. The van der Waals surface area contributed by atoms with Crippen molar-refractivity contribution in [3.05, 3.63) is 83.3 Å². The Kier molecular flexibility index (Phi) is 6.82. The number of rotatable bonds is 7. The van der Waals surface area contributed by atoms with Gasteiger partial charge in [0.2, 0.25) is 5.91 Å². The highest BCUT2D eigenvalue weighted by atomic mass is 16.5. The van der Waals surface area contributed by atoms with Crippen molar-refractivity contribution in [2.75, 3.05) is 12.0 Å². The van der Waals surface area contributed by atoms with Crippen LogP contribution in [-0.4, -0.2) is 25.0 Å². The minimum Gasteiger partial charge on any atom is -0.497 e. The van der Waals surface area contributed by atoms with E-state index in [9.17, 15) is 9.59 Å². The zero-order valence-electron chi connectivity index (χ0n) is 19.3. The molecule has 0 saturated heterocycles. The van der Waals surface area contributed by atoms with Crippen molar-refractivity contribution in [2.45, 2.75) is 51.6 Å². The Morgan fingerprint density at radius 2 is 1.67 bits per heavy atom. The average Bonchev–Trinajstić information content (AvgIpc) is 3.53. The highest BCUT2D eigenvalue weighted by molar-refractivity contribution is 6.09. The van der Waals surface area contributed by atoms with E-state index in [1.54, 1.807) is 24.1 Å². The third-order valence-corrected chi connectivity index (χ3v) is 6.27. The van der Waals surface area contributed by atoms with Gasteiger partial charge in [0.25, 0.3) is 5.91 Å². The van der Waals surface area contributed by atoms with E-state index in [0.717, 1.165) is 36.8 Å². The van der Waals surface area contributed by atoms with Crippen LogP contribution in [0.1, 0.15) is 59.0 Å². The zero-order chi connectivity index (χ0) is 23.4. The first-order valence-electron chi connectivity index (χ1n) is 11.4. The van der Waals surface area contributed by atoms with Gasteiger partial charge in [-0.3, -0.25) is 14.5 Å². The van der Waals surface area contributed by atoms with E-state index in [1.165, 1.54) is 6.26 Å². The lowest BCUT2D eigenvalue weighted by Gasteiger charge is -2.33. The second-order valence-corrected chi connectivity index (χ2v) is 8.56. The number of nitrogens with one attached hydrogen (secondary N) is 1. The molecule has 6 heteroatoms. The predicted molar refractivity (Wildman–Crippen MR) is 128 cm³/mol. The van der Waals surface area contributed by atoms with Crippen molar-refractivity contribution in [1.82, 2.24) is 5.32 Å². The summed E-state index contributed by atoms with van der Waals surface area (Å²) in [5, 5.41) is 3.20. The number of anilines is 1. The molecule has 3 aromatic rings. The molecule has 0 bridgehead atoms. The van der Waals surface area contributed by atoms with Crippen molar-refractivity contribution in [2.24, 2.45) is 0 Å². The molecule has 6 nitrogen and oxygen atoms in total. The fraction of sp³-hybridized carbons (Fsp3) is 0.333. The molecule has 0 spiro atoms. The van der Waals surface area contributed by atoms with Gasteiger partial charge < -0.3 is 14.5 Å². The number of hydrogen-bond donors (Lipinski definition) is 1. The van der Waals surface area contributed by atoms with Gasteiger partial charge in [0.1, 0.15) is 11.8 Å². The molecule has 33 heavy (non-hydrogen) atoms. The van der Waals surface area contributed by atoms with Crippen LogP contribution in [0, 0.1) is 13.8 Å². The Labute approximate surface area is 194 Å². The van der Waals surface area contributed by atoms with Crippen LogP contribution < -0.4 is 15.0 Å². The molecule has 1 aliphatic carbocycles. The summed E-state index contributed by atoms with van der Waals surface area (Å²) in [4.78, 5) is 29.2. The SMILES string of the molecule is COc1ccc([C@@H](C(=O)NC2CCCC2)N(C(=O)c2ccco2)c2c(C)cccc2C)cc1. The first-order valence-corrected chi connectivity index (χ1v) is 11.4. The van der Waals surface area contributed by atoms with Gasteiger partial charge in [-0.1, -0.05) is 43.2 Å². The topological polar surface area (TPSA) is 71.8 Å². The number of ether oxygens (including phenoxy) is 1. The van der Waals surface area contributed by atoms with Crippen LogP contribution in [0.15, 0.2) is 65.3 Å². The smallest absolute Gasteiger partial charge is 0.294 e. The van der Waals surface area contributed by atoms with E-state index in [1.807, 2.05) is 56.3 Å². The van der Waals surface area contributed by atoms with Crippen molar-refractivity contribution in [1.29, 1.82) is 0 Å². The lowest BCUT2D eigenvalue weighted by Crippen LogP contribution is -2.46. The van der Waals surface area contributed by atoms with Crippen LogP contribution in [0.2, 0.25) is 0 Å². The summed E-state index contributed by atoms with van der Waals surface area (Å²) in [6.07, 6.45) is 5.58. The molecular weight excluding hydrogens is 416 g/mol. The lowest BCUT2D eigenvalue weighted by atomic mass is 9.99. The summed E-state index contributed by atoms with van der Waals surface area (Å²) in [6.45, 7) is 3.90. The molecule has 0 unspecified atom stereocenters. The van der Waals surface area contributed by atoms with Crippen LogP contribution >= 0.6 is 0 Å². The van der Waals surface area contributed by atoms with E-state index in [0.29, 0.717) is 17.0 Å². The highest BCUT2D eigenvalue weighted by Crippen LogP contribution is 2.35. The van der Waals surface area contributed by atoms with E-state index in [2.05, 4.69) is 5.32 Å². The monoisotopic (exact) mass is 446 g/mol. The van der Waals surface area contributed by atoms with Crippen LogP contribution in [-0.2, 0) is 4.79 Å². The molecule has 1 aromatic heterocycles. The van der Waals surface area contributed by atoms with Crippen molar-refractivity contribution >= 4 is 17.5 Å². The standard InChI is InChI=1S/C27H30N2O4/c1-18-8-6-9-19(2)24(18)29(27(31)23-12-7-17-33-23)25(20-13-15-22(32-3)16-14-20)26(30)28-21-10-4-5-11-21/h6-9,12-17,21,25H,4-5,10-11H2,1-3H3,(H,28,30)/t25-/m0/s1. The highest BCUT2D eigenvalue weighted by Gasteiger charge is 2.37. The molecular formula is C27H30N2O4. The van der Waals surface area contributed by atoms with Gasteiger partial charge in [0, 0.05) is 6.04 Å². The number of benzene rings is 2. The summed E-state index contributed by atoms with van der Waals surface area (Å²) in [7, 11) is 1.60. The Morgan fingerprint density at radius 3 is 2.24 bits per heavy atom. The summed E-state index contributed by atoms with van der Waals surface area (Å²) in [5.41, 5.74) is 3.22. The number of para-hydroxylation sites is 1. The molecule has 4 rings (SSSR count). The van der Waals surface area contributed by atoms with E-state index in [4.69, 9.17) is 9.15 Å². The summed E-state index contributed by atoms with van der Waals surface area (Å²) < 4.78 is 10.8. The number of carbonyl (C=O) groups is 2. The first kappa shape index (κ1) is 22.6. The van der Waals surface area contributed by atoms with Crippen molar-refractivity contribution in [3.63, 3.8) is 0 Å². The second-order valence-electron chi connectivity index (χ2n) is 8.56. The van der Waals surface area contributed by atoms with E-state index in [-0.39, 0.29) is 23.6 Å². The maximum Gasteiger partial charge on any atom is 0.294 e. The minimum atomic E-state index is -0.867. The van der Waals surface area contributed by atoms with E-state index >= 15 is 0 Å². The molecule has 0 radical (unpaired) electrons. The largest absolute Gasteiger partial charge is 0.497 e. The maximum atomic E-state index is 13.8. The minimum absolute atomic E-state index is 0.122. The number of methoxy groups -OCH3 is 1. The zero-order valence-corrected chi connectivity index (χ0v) is 19.3. The summed E-state index contributed by atoms with van der Waals surface area (Å²) in [5.74, 6) is 0.309. The Balaban J connectivity index is 1.85. The van der Waals surface area contributed by atoms with Gasteiger partial charge in [0.15, 0.2) is 5.76 Å². The number of aryl methyl sites for hydroxylation is 2. The Morgan fingerprint density at radius 1 is 1.00 bits per heavy atom. The molecule has 1 atom stereocenters. The molecule has 1 N–H and O–H groups in total. The fourth-order valence-electron chi connectivity index (χ4n) is 4.61. The Bertz CT molecular complexity index is 1080. The van der Waals surface area contributed by atoms with Gasteiger partial charge in [-0.25, -0.2) is 0 Å². The van der Waals surface area contributed by atoms with Gasteiger partial charge in [-0.2, -0.15) is 0 Å². The third kappa shape index (κ3) is 4.80. The van der Waals surface area contributed by atoms with Gasteiger partial charge in [-0.15, -0.1) is 0 Å². The lowest BCUT2D eigenvalue weighted by molar-refractivity contribution is -0.123. The molecule has 2 amide bonds. The fourth-order valence-corrected chi connectivity index (χ4v) is 4.61. The van der Waals surface area contributed by atoms with Gasteiger partial charge in [0.05, 0.1) is 19.1 Å². The number of hydrogen-bond acceptors (Lipinski definition) is 4. The van der Waals surface area contributed by atoms with Crippen LogP contribution in [0.4, 0.5) is 5.69 Å². The summed E-state index contributed by atoms with van der Waals surface area (Å²) in [6, 6.07) is 15.7. The predicted octanol–water partition coefficient (Wildman–Crippen LogP) is 5.35. The first-order chi connectivity index (χ1) is 16.0. The second kappa shape index (κ2) is 9.94. The maximum absolute atomic E-state index is 13.8. The quantitative estimate of drug-likeness (QED) is 0.531.